The molecule has 4 nitrogen and oxygen atoms in total. The average molecular weight is 290 g/mol. The molecular weight excluding hydrogens is 260 g/mol. The second-order valence-corrected chi connectivity index (χ2v) is 6.21. The highest BCUT2D eigenvalue weighted by atomic mass is 15.3. The minimum absolute atomic E-state index is 0.146. The number of anilines is 1. The monoisotopic (exact) mass is 290 g/mol. The van der Waals surface area contributed by atoms with E-state index in [4.69, 9.17) is 5.73 Å². The van der Waals surface area contributed by atoms with E-state index in [1.54, 1.807) is 0 Å². The molecule has 0 bridgehead atoms. The fourth-order valence-electron chi connectivity index (χ4n) is 2.86. The highest BCUT2D eigenvalue weighted by molar-refractivity contribution is 5.55. The van der Waals surface area contributed by atoms with Gasteiger partial charge in [-0.05, 0) is 32.1 Å². The first kappa shape index (κ1) is 16.3. The molecule has 1 aromatic rings. The lowest BCUT2D eigenvalue weighted by Crippen LogP contribution is -2.48. The summed E-state index contributed by atoms with van der Waals surface area (Å²) in [7, 11) is 4.28. The first-order valence-electron chi connectivity index (χ1n) is 8.08. The molecule has 2 rings (SSSR count). The van der Waals surface area contributed by atoms with Crippen LogP contribution in [-0.2, 0) is 0 Å². The third kappa shape index (κ3) is 4.43. The summed E-state index contributed by atoms with van der Waals surface area (Å²) in [6.07, 6.45) is 0.986. The van der Waals surface area contributed by atoms with Gasteiger partial charge in [0.25, 0.3) is 0 Å². The Bertz CT molecular complexity index is 425. The summed E-state index contributed by atoms with van der Waals surface area (Å²) in [6, 6.07) is 8.77. The Kier molecular flexibility index (Phi) is 6.03. The maximum atomic E-state index is 6.27. The molecule has 2 N–H and O–H groups in total. The molecule has 1 heterocycles. The van der Waals surface area contributed by atoms with Crippen LogP contribution in [0.2, 0.25) is 0 Å². The van der Waals surface area contributed by atoms with Crippen molar-refractivity contribution in [2.75, 3.05) is 58.3 Å². The molecule has 1 atom stereocenters. The number of nitrogens with two attached hydrogens (primary N) is 1. The molecule has 0 unspecified atom stereocenters. The van der Waals surface area contributed by atoms with Gasteiger partial charge in [0.05, 0.1) is 0 Å². The van der Waals surface area contributed by atoms with Crippen molar-refractivity contribution in [2.24, 2.45) is 5.73 Å². The highest BCUT2D eigenvalue weighted by Gasteiger charge is 2.20. The zero-order valence-electron chi connectivity index (χ0n) is 13.8. The van der Waals surface area contributed by atoms with Gasteiger partial charge in [-0.1, -0.05) is 25.1 Å². The summed E-state index contributed by atoms with van der Waals surface area (Å²) in [5, 5.41) is 0. The standard InChI is InChI=1S/C17H30N4/c1-4-16(18)15-7-5-6-8-17(15)21-13-11-20(12-14-21)10-9-19(2)3/h5-8,16H,4,9-14,18H2,1-3H3/t16-/m0/s1. The number of likely N-dealkylation sites (N-methyl/N-ethyl adjacent to an activating group) is 1. The molecule has 1 aromatic carbocycles. The van der Waals surface area contributed by atoms with Gasteiger partial charge in [0.1, 0.15) is 0 Å². The van der Waals surface area contributed by atoms with Gasteiger partial charge < -0.3 is 15.5 Å². The number of hydrogen-bond acceptors (Lipinski definition) is 4. The molecule has 1 fully saturated rings. The van der Waals surface area contributed by atoms with Crippen LogP contribution in [0.15, 0.2) is 24.3 Å². The Balaban J connectivity index is 1.96. The van der Waals surface area contributed by atoms with Crippen LogP contribution < -0.4 is 10.6 Å². The summed E-state index contributed by atoms with van der Waals surface area (Å²) < 4.78 is 0. The van der Waals surface area contributed by atoms with Crippen LogP contribution in [0.4, 0.5) is 5.69 Å². The van der Waals surface area contributed by atoms with E-state index in [1.165, 1.54) is 11.3 Å². The van der Waals surface area contributed by atoms with Crippen molar-refractivity contribution < 1.29 is 0 Å². The summed E-state index contributed by atoms with van der Waals surface area (Å²) in [6.45, 7) is 8.93. The summed E-state index contributed by atoms with van der Waals surface area (Å²) in [5.41, 5.74) is 8.89. The van der Waals surface area contributed by atoms with E-state index in [-0.39, 0.29) is 6.04 Å². The fourth-order valence-corrected chi connectivity index (χ4v) is 2.86. The Hall–Kier alpha value is -1.10. The van der Waals surface area contributed by atoms with Gasteiger partial charge >= 0.3 is 0 Å². The number of benzene rings is 1. The Morgan fingerprint density at radius 3 is 2.43 bits per heavy atom. The van der Waals surface area contributed by atoms with Crippen molar-refractivity contribution in [3.63, 3.8) is 0 Å². The van der Waals surface area contributed by atoms with Crippen LogP contribution in [0, 0.1) is 0 Å². The van der Waals surface area contributed by atoms with Gasteiger partial charge in [-0.25, -0.2) is 0 Å². The van der Waals surface area contributed by atoms with Crippen molar-refractivity contribution in [1.29, 1.82) is 0 Å². The molecular formula is C17H30N4. The smallest absolute Gasteiger partial charge is 0.0415 e. The molecule has 0 radical (unpaired) electrons. The molecule has 0 saturated carbocycles. The summed E-state index contributed by atoms with van der Waals surface area (Å²) >= 11 is 0. The van der Waals surface area contributed by atoms with Gasteiger partial charge in [0, 0.05) is 51.0 Å². The first-order valence-corrected chi connectivity index (χ1v) is 8.08. The minimum Gasteiger partial charge on any atom is -0.369 e. The van der Waals surface area contributed by atoms with Crippen LogP contribution in [0.5, 0.6) is 0 Å². The van der Waals surface area contributed by atoms with E-state index in [1.807, 2.05) is 0 Å². The second kappa shape index (κ2) is 7.78. The molecule has 0 amide bonds. The number of nitrogens with zero attached hydrogens (tertiary/aromatic N) is 3. The highest BCUT2D eigenvalue weighted by Crippen LogP contribution is 2.27. The molecule has 1 saturated heterocycles. The van der Waals surface area contributed by atoms with Gasteiger partial charge in [0.15, 0.2) is 0 Å². The van der Waals surface area contributed by atoms with Crippen LogP contribution in [0.1, 0.15) is 24.9 Å². The van der Waals surface area contributed by atoms with E-state index in [0.717, 1.165) is 45.7 Å². The molecule has 21 heavy (non-hydrogen) atoms. The normalized spacial score (nSPS) is 18.2. The largest absolute Gasteiger partial charge is 0.369 e. The van der Waals surface area contributed by atoms with Crippen molar-refractivity contribution in [3.05, 3.63) is 29.8 Å². The van der Waals surface area contributed by atoms with E-state index in [0.29, 0.717) is 0 Å². The van der Waals surface area contributed by atoms with Crippen molar-refractivity contribution in [1.82, 2.24) is 9.80 Å². The summed E-state index contributed by atoms with van der Waals surface area (Å²) in [4.78, 5) is 7.30. The molecule has 1 aliphatic heterocycles. The lowest BCUT2D eigenvalue weighted by molar-refractivity contribution is 0.229. The lowest BCUT2D eigenvalue weighted by Gasteiger charge is -2.37. The van der Waals surface area contributed by atoms with Gasteiger partial charge in [-0.2, -0.15) is 0 Å². The molecule has 4 heteroatoms. The van der Waals surface area contributed by atoms with Gasteiger partial charge in [-0.15, -0.1) is 0 Å². The third-order valence-electron chi connectivity index (χ3n) is 4.35. The molecule has 1 aliphatic rings. The number of para-hydroxylation sites is 1. The lowest BCUT2D eigenvalue weighted by atomic mass is 10.0. The van der Waals surface area contributed by atoms with Crippen molar-refractivity contribution >= 4 is 5.69 Å². The Labute approximate surface area is 129 Å². The third-order valence-corrected chi connectivity index (χ3v) is 4.35. The number of piperazine rings is 1. The van der Waals surface area contributed by atoms with E-state index >= 15 is 0 Å². The van der Waals surface area contributed by atoms with Crippen LogP contribution in [-0.4, -0.2) is 63.2 Å². The first-order chi connectivity index (χ1) is 10.1. The van der Waals surface area contributed by atoms with Crippen LogP contribution >= 0.6 is 0 Å². The van der Waals surface area contributed by atoms with Crippen LogP contribution in [0.25, 0.3) is 0 Å². The molecule has 0 aromatic heterocycles. The zero-order valence-corrected chi connectivity index (χ0v) is 13.8. The van der Waals surface area contributed by atoms with E-state index < -0.39 is 0 Å². The molecule has 0 aliphatic carbocycles. The number of rotatable bonds is 6. The average Bonchev–Trinajstić information content (AvgIpc) is 2.52. The topological polar surface area (TPSA) is 35.7 Å². The SMILES string of the molecule is CC[C@H](N)c1ccccc1N1CCN(CCN(C)C)CC1. The van der Waals surface area contributed by atoms with E-state index in [2.05, 4.69) is 60.0 Å². The van der Waals surface area contributed by atoms with Gasteiger partial charge in [0.2, 0.25) is 0 Å². The van der Waals surface area contributed by atoms with Crippen molar-refractivity contribution in [2.45, 2.75) is 19.4 Å². The predicted octanol–water partition coefficient (Wildman–Crippen LogP) is 1.78. The quantitative estimate of drug-likeness (QED) is 0.866. The molecule has 0 spiro atoms. The van der Waals surface area contributed by atoms with Gasteiger partial charge in [-0.3, -0.25) is 4.90 Å². The summed E-state index contributed by atoms with van der Waals surface area (Å²) in [5.74, 6) is 0. The Morgan fingerprint density at radius 1 is 1.14 bits per heavy atom. The zero-order chi connectivity index (χ0) is 15.2. The second-order valence-electron chi connectivity index (χ2n) is 6.21. The van der Waals surface area contributed by atoms with Crippen molar-refractivity contribution in [3.8, 4) is 0 Å². The maximum absolute atomic E-state index is 6.27. The maximum Gasteiger partial charge on any atom is 0.0415 e. The predicted molar refractivity (Wildman–Crippen MR) is 90.9 cm³/mol. The molecule has 118 valence electrons. The van der Waals surface area contributed by atoms with Crippen LogP contribution in [0.3, 0.4) is 0 Å². The van der Waals surface area contributed by atoms with E-state index in [9.17, 15) is 0 Å². The Morgan fingerprint density at radius 2 is 1.81 bits per heavy atom. The minimum atomic E-state index is 0.146. The number of hydrogen-bond donors (Lipinski definition) is 1. The fraction of sp³-hybridized carbons (Fsp3) is 0.647.